The van der Waals surface area contributed by atoms with Crippen molar-refractivity contribution in [3.63, 3.8) is 0 Å². The molecule has 1 unspecified atom stereocenters. The number of benzene rings is 1. The number of carbonyl (C=O) groups excluding carboxylic acids is 1. The van der Waals surface area contributed by atoms with Crippen molar-refractivity contribution in [1.29, 1.82) is 0 Å². The summed E-state index contributed by atoms with van der Waals surface area (Å²) >= 11 is 0. The molecule has 0 saturated heterocycles. The molecule has 4 heteroatoms. The number of carbonyl (C=O) groups is 1. The van der Waals surface area contributed by atoms with E-state index in [1.54, 1.807) is 6.07 Å². The summed E-state index contributed by atoms with van der Waals surface area (Å²) in [6.45, 7) is 6.11. The average molecular weight is 263 g/mol. The Labute approximate surface area is 116 Å². The van der Waals surface area contributed by atoms with Gasteiger partial charge in [-0.2, -0.15) is 0 Å². The average Bonchev–Trinajstić information content (AvgIpc) is 2.34. The molecule has 4 nitrogen and oxygen atoms in total. The highest BCUT2D eigenvalue weighted by atomic mass is 16.1. The van der Waals surface area contributed by atoms with Crippen molar-refractivity contribution >= 4 is 5.91 Å². The first kappa shape index (κ1) is 15.7. The van der Waals surface area contributed by atoms with Gasteiger partial charge in [-0.3, -0.25) is 4.79 Å². The number of rotatable bonds is 7. The lowest BCUT2D eigenvalue weighted by molar-refractivity contribution is 0.1000. The molecule has 0 bridgehead atoms. The third-order valence-corrected chi connectivity index (χ3v) is 3.33. The topological polar surface area (TPSA) is 58.4 Å². The summed E-state index contributed by atoms with van der Waals surface area (Å²) in [5, 5.41) is 3.44. The van der Waals surface area contributed by atoms with Gasteiger partial charge in [-0.05, 0) is 37.7 Å². The molecular formula is C15H25N3O. The fourth-order valence-corrected chi connectivity index (χ4v) is 2.21. The minimum Gasteiger partial charge on any atom is -0.366 e. The minimum atomic E-state index is -0.379. The van der Waals surface area contributed by atoms with Gasteiger partial charge in [0.25, 0.3) is 0 Å². The van der Waals surface area contributed by atoms with Crippen LogP contribution in [0.3, 0.4) is 0 Å². The molecule has 1 aromatic carbocycles. The van der Waals surface area contributed by atoms with Gasteiger partial charge in [0.05, 0.1) is 0 Å². The molecule has 19 heavy (non-hydrogen) atoms. The number of hydrogen-bond donors (Lipinski definition) is 2. The Morgan fingerprint density at radius 3 is 2.58 bits per heavy atom. The molecule has 0 spiro atoms. The van der Waals surface area contributed by atoms with E-state index in [0.717, 1.165) is 18.7 Å². The van der Waals surface area contributed by atoms with Crippen molar-refractivity contribution in [3.8, 4) is 0 Å². The van der Waals surface area contributed by atoms with Crippen molar-refractivity contribution < 1.29 is 4.79 Å². The lowest BCUT2D eigenvalue weighted by atomic mass is 10.0. The molecule has 1 aromatic rings. The largest absolute Gasteiger partial charge is 0.366 e. The maximum atomic E-state index is 11.1. The molecule has 3 N–H and O–H groups in total. The van der Waals surface area contributed by atoms with Crippen LogP contribution in [0.25, 0.3) is 0 Å². The molecule has 0 saturated carbocycles. The SMILES string of the molecule is CC(C)C(CNCc1cccc(C(N)=O)c1)N(C)C. The number of likely N-dealkylation sites (N-methyl/N-ethyl adjacent to an activating group) is 1. The van der Waals surface area contributed by atoms with Crippen LogP contribution in [0, 0.1) is 5.92 Å². The fraction of sp³-hybridized carbons (Fsp3) is 0.533. The predicted octanol–water partition coefficient (Wildman–Crippen LogP) is 1.46. The standard InChI is InChI=1S/C15H25N3O/c1-11(2)14(18(3)4)10-17-9-12-6-5-7-13(8-12)15(16)19/h5-8,11,14,17H,9-10H2,1-4H3,(H2,16,19). The molecule has 0 aliphatic rings. The van der Waals surface area contributed by atoms with E-state index in [4.69, 9.17) is 5.73 Å². The van der Waals surface area contributed by atoms with Gasteiger partial charge in [0.1, 0.15) is 0 Å². The third kappa shape index (κ3) is 5.01. The van der Waals surface area contributed by atoms with Gasteiger partial charge >= 0.3 is 0 Å². The van der Waals surface area contributed by atoms with Crippen LogP contribution in [-0.2, 0) is 6.54 Å². The number of primary amides is 1. The molecule has 0 aliphatic carbocycles. The summed E-state index contributed by atoms with van der Waals surface area (Å²) < 4.78 is 0. The normalized spacial score (nSPS) is 12.9. The van der Waals surface area contributed by atoms with Gasteiger partial charge < -0.3 is 16.0 Å². The molecule has 1 rings (SSSR count). The Kier molecular flexibility index (Phi) is 5.99. The van der Waals surface area contributed by atoms with Gasteiger partial charge in [0, 0.05) is 24.7 Å². The van der Waals surface area contributed by atoms with Crippen LogP contribution in [0.15, 0.2) is 24.3 Å². The Bertz CT molecular complexity index is 408. The summed E-state index contributed by atoms with van der Waals surface area (Å²) in [5.74, 6) is 0.217. The van der Waals surface area contributed by atoms with Crippen molar-refractivity contribution in [2.45, 2.75) is 26.4 Å². The van der Waals surface area contributed by atoms with Gasteiger partial charge in [-0.1, -0.05) is 26.0 Å². The van der Waals surface area contributed by atoms with E-state index in [0.29, 0.717) is 17.5 Å². The smallest absolute Gasteiger partial charge is 0.248 e. The highest BCUT2D eigenvalue weighted by Crippen LogP contribution is 2.08. The van der Waals surface area contributed by atoms with Gasteiger partial charge in [0.15, 0.2) is 0 Å². The summed E-state index contributed by atoms with van der Waals surface area (Å²) in [6, 6.07) is 7.94. The van der Waals surface area contributed by atoms with Gasteiger partial charge in [0.2, 0.25) is 5.91 Å². The number of amides is 1. The van der Waals surface area contributed by atoms with Crippen LogP contribution in [0.4, 0.5) is 0 Å². The Balaban J connectivity index is 2.53. The summed E-state index contributed by atoms with van der Waals surface area (Å²) in [5.41, 5.74) is 6.92. The van der Waals surface area contributed by atoms with Crippen LogP contribution in [-0.4, -0.2) is 37.5 Å². The van der Waals surface area contributed by atoms with Crippen molar-refractivity contribution in [2.75, 3.05) is 20.6 Å². The maximum Gasteiger partial charge on any atom is 0.248 e. The van der Waals surface area contributed by atoms with Crippen LogP contribution in [0.2, 0.25) is 0 Å². The van der Waals surface area contributed by atoms with E-state index >= 15 is 0 Å². The summed E-state index contributed by atoms with van der Waals surface area (Å²) in [6.07, 6.45) is 0. The van der Waals surface area contributed by atoms with Crippen LogP contribution in [0.5, 0.6) is 0 Å². The lowest BCUT2D eigenvalue weighted by Crippen LogP contribution is -2.41. The van der Waals surface area contributed by atoms with Crippen molar-refractivity contribution in [2.24, 2.45) is 11.7 Å². The number of hydrogen-bond acceptors (Lipinski definition) is 3. The first-order valence-electron chi connectivity index (χ1n) is 6.67. The molecule has 0 aliphatic heterocycles. The van der Waals surface area contributed by atoms with E-state index in [-0.39, 0.29) is 5.91 Å². The zero-order valence-corrected chi connectivity index (χ0v) is 12.3. The number of nitrogens with two attached hydrogens (primary N) is 1. The van der Waals surface area contributed by atoms with E-state index in [9.17, 15) is 4.79 Å². The van der Waals surface area contributed by atoms with Crippen molar-refractivity contribution in [3.05, 3.63) is 35.4 Å². The number of nitrogens with one attached hydrogen (secondary N) is 1. The monoisotopic (exact) mass is 263 g/mol. The quantitative estimate of drug-likeness (QED) is 0.783. The Morgan fingerprint density at radius 1 is 1.37 bits per heavy atom. The van der Waals surface area contributed by atoms with E-state index in [1.807, 2.05) is 18.2 Å². The molecule has 0 radical (unpaired) electrons. The van der Waals surface area contributed by atoms with Crippen LogP contribution >= 0.6 is 0 Å². The van der Waals surface area contributed by atoms with Crippen LogP contribution < -0.4 is 11.1 Å². The van der Waals surface area contributed by atoms with E-state index in [2.05, 4.69) is 38.2 Å². The molecular weight excluding hydrogens is 238 g/mol. The highest BCUT2D eigenvalue weighted by Gasteiger charge is 2.14. The summed E-state index contributed by atoms with van der Waals surface area (Å²) in [4.78, 5) is 13.3. The Hall–Kier alpha value is -1.39. The Morgan fingerprint density at radius 2 is 2.05 bits per heavy atom. The third-order valence-electron chi connectivity index (χ3n) is 3.33. The zero-order valence-electron chi connectivity index (χ0n) is 12.3. The second-order valence-corrected chi connectivity index (χ2v) is 5.47. The predicted molar refractivity (Wildman–Crippen MR) is 79.0 cm³/mol. The molecule has 0 fully saturated rings. The fourth-order valence-electron chi connectivity index (χ4n) is 2.21. The second kappa shape index (κ2) is 7.26. The van der Waals surface area contributed by atoms with Crippen LogP contribution in [0.1, 0.15) is 29.8 Å². The van der Waals surface area contributed by atoms with Crippen molar-refractivity contribution in [1.82, 2.24) is 10.2 Å². The second-order valence-electron chi connectivity index (χ2n) is 5.47. The van der Waals surface area contributed by atoms with E-state index in [1.165, 1.54) is 0 Å². The highest BCUT2D eigenvalue weighted by molar-refractivity contribution is 5.92. The number of nitrogens with zero attached hydrogens (tertiary/aromatic N) is 1. The lowest BCUT2D eigenvalue weighted by Gasteiger charge is -2.28. The molecule has 0 heterocycles. The van der Waals surface area contributed by atoms with Gasteiger partial charge in [-0.15, -0.1) is 0 Å². The zero-order chi connectivity index (χ0) is 14.4. The summed E-state index contributed by atoms with van der Waals surface area (Å²) in [7, 11) is 4.19. The maximum absolute atomic E-state index is 11.1. The molecule has 106 valence electrons. The first-order valence-corrected chi connectivity index (χ1v) is 6.67. The molecule has 0 aromatic heterocycles. The first-order chi connectivity index (χ1) is 8.91. The van der Waals surface area contributed by atoms with E-state index < -0.39 is 0 Å². The molecule has 1 amide bonds. The van der Waals surface area contributed by atoms with Gasteiger partial charge in [-0.25, -0.2) is 0 Å². The minimum absolute atomic E-state index is 0.379. The molecule has 1 atom stereocenters.